The molecule has 0 spiro atoms. The minimum Gasteiger partial charge on any atom is -0.344 e. The number of nitrogens with zero attached hydrogens (tertiary/aromatic N) is 1. The van der Waals surface area contributed by atoms with Crippen molar-refractivity contribution in [3.63, 3.8) is 0 Å². The Bertz CT molecular complexity index is 551. The molecular formula is C17H20N4. The van der Waals surface area contributed by atoms with Gasteiger partial charge in [-0.15, -0.1) is 0 Å². The molecule has 0 atom stereocenters. The molecule has 0 amide bonds. The molecule has 2 aromatic carbocycles. The molecule has 0 aromatic heterocycles. The van der Waals surface area contributed by atoms with Crippen molar-refractivity contribution in [3.8, 4) is 0 Å². The van der Waals surface area contributed by atoms with Crippen LogP contribution in [0, 0.1) is 0 Å². The minimum absolute atomic E-state index is 0.0287. The van der Waals surface area contributed by atoms with Gasteiger partial charge in [0.1, 0.15) is 0 Å². The number of hydrazine groups is 1. The van der Waals surface area contributed by atoms with E-state index in [4.69, 9.17) is 5.84 Å². The first kappa shape index (κ1) is 13.6. The molecule has 0 radical (unpaired) electrons. The number of aliphatic imine (C=N–C) groups is 1. The molecule has 108 valence electrons. The van der Waals surface area contributed by atoms with Crippen LogP contribution >= 0.6 is 0 Å². The Labute approximate surface area is 125 Å². The van der Waals surface area contributed by atoms with E-state index in [0.29, 0.717) is 12.0 Å². The molecule has 1 fully saturated rings. The summed E-state index contributed by atoms with van der Waals surface area (Å²) in [6, 6.07) is 21.1. The lowest BCUT2D eigenvalue weighted by Gasteiger charge is -2.21. The largest absolute Gasteiger partial charge is 0.344 e. The summed E-state index contributed by atoms with van der Waals surface area (Å²) in [4.78, 5) is 4.57. The maximum absolute atomic E-state index is 5.61. The highest BCUT2D eigenvalue weighted by Gasteiger charge is 2.22. The lowest BCUT2D eigenvalue weighted by Crippen LogP contribution is -2.43. The fourth-order valence-electron chi connectivity index (χ4n) is 2.29. The highest BCUT2D eigenvalue weighted by atomic mass is 15.3. The van der Waals surface area contributed by atoms with E-state index in [9.17, 15) is 0 Å². The van der Waals surface area contributed by atoms with Gasteiger partial charge in [0.25, 0.3) is 0 Å². The van der Waals surface area contributed by atoms with Crippen LogP contribution in [-0.2, 0) is 0 Å². The Kier molecular flexibility index (Phi) is 4.17. The number of guanidine groups is 1. The van der Waals surface area contributed by atoms with Crippen molar-refractivity contribution in [1.82, 2.24) is 10.7 Å². The Hall–Kier alpha value is -2.33. The van der Waals surface area contributed by atoms with Gasteiger partial charge in [-0.2, -0.15) is 0 Å². The smallest absolute Gasteiger partial charge is 0.206 e. The number of nitrogens with one attached hydrogen (secondary N) is 2. The van der Waals surface area contributed by atoms with E-state index < -0.39 is 0 Å². The topological polar surface area (TPSA) is 62.4 Å². The van der Waals surface area contributed by atoms with Crippen molar-refractivity contribution in [2.75, 3.05) is 0 Å². The predicted molar refractivity (Wildman–Crippen MR) is 85.6 cm³/mol. The van der Waals surface area contributed by atoms with Gasteiger partial charge in [-0.1, -0.05) is 60.7 Å². The monoisotopic (exact) mass is 280 g/mol. The normalized spacial score (nSPS) is 15.0. The Balaban J connectivity index is 1.89. The molecule has 2 aromatic rings. The van der Waals surface area contributed by atoms with Crippen LogP contribution in [0.1, 0.15) is 30.0 Å². The number of hydrogen-bond acceptors (Lipinski definition) is 2. The third-order valence-corrected chi connectivity index (χ3v) is 3.54. The van der Waals surface area contributed by atoms with Crippen molar-refractivity contribution in [1.29, 1.82) is 0 Å². The van der Waals surface area contributed by atoms with Gasteiger partial charge < -0.3 is 5.32 Å². The predicted octanol–water partition coefficient (Wildman–Crippen LogP) is 2.35. The number of benzene rings is 2. The third kappa shape index (κ3) is 3.61. The van der Waals surface area contributed by atoms with E-state index in [1.54, 1.807) is 0 Å². The van der Waals surface area contributed by atoms with Crippen molar-refractivity contribution in [3.05, 3.63) is 71.8 Å². The first-order chi connectivity index (χ1) is 10.4. The summed E-state index contributed by atoms with van der Waals surface area (Å²) in [7, 11) is 0. The maximum Gasteiger partial charge on any atom is 0.206 e. The van der Waals surface area contributed by atoms with E-state index in [0.717, 1.165) is 12.8 Å². The summed E-state index contributed by atoms with van der Waals surface area (Å²) in [5, 5.41) is 3.42. The fourth-order valence-corrected chi connectivity index (χ4v) is 2.29. The van der Waals surface area contributed by atoms with Gasteiger partial charge in [-0.3, -0.25) is 5.43 Å². The molecule has 0 bridgehead atoms. The number of nitrogens with two attached hydrogens (primary N) is 1. The van der Waals surface area contributed by atoms with E-state index in [-0.39, 0.29) is 6.04 Å². The zero-order valence-electron chi connectivity index (χ0n) is 11.9. The summed E-state index contributed by atoms with van der Waals surface area (Å²) in [5.41, 5.74) is 5.05. The van der Waals surface area contributed by atoms with Crippen LogP contribution in [0.25, 0.3) is 0 Å². The highest BCUT2D eigenvalue weighted by molar-refractivity contribution is 5.80. The summed E-state index contributed by atoms with van der Waals surface area (Å²) in [6.45, 7) is 0. The average Bonchev–Trinajstić information content (AvgIpc) is 3.37. The van der Waals surface area contributed by atoms with Gasteiger partial charge >= 0.3 is 0 Å². The zero-order valence-corrected chi connectivity index (χ0v) is 11.9. The Morgan fingerprint density at radius 3 is 1.90 bits per heavy atom. The summed E-state index contributed by atoms with van der Waals surface area (Å²) in [5.74, 6) is 6.26. The number of rotatable bonds is 4. The second kappa shape index (κ2) is 6.41. The molecule has 3 rings (SSSR count). The maximum atomic E-state index is 5.61. The summed E-state index contributed by atoms with van der Waals surface area (Å²) < 4.78 is 0. The van der Waals surface area contributed by atoms with Gasteiger partial charge in [-0.05, 0) is 24.0 Å². The van der Waals surface area contributed by atoms with Crippen molar-refractivity contribution in [2.24, 2.45) is 10.8 Å². The van der Waals surface area contributed by atoms with E-state index in [2.05, 4.69) is 40.0 Å². The van der Waals surface area contributed by atoms with E-state index in [1.807, 2.05) is 36.4 Å². The van der Waals surface area contributed by atoms with Gasteiger partial charge in [0.2, 0.25) is 5.96 Å². The third-order valence-electron chi connectivity index (χ3n) is 3.54. The number of hydrogen-bond donors (Lipinski definition) is 3. The van der Waals surface area contributed by atoms with Crippen LogP contribution in [0.2, 0.25) is 0 Å². The Morgan fingerprint density at radius 2 is 1.48 bits per heavy atom. The van der Waals surface area contributed by atoms with E-state index >= 15 is 0 Å². The molecular weight excluding hydrogens is 260 g/mol. The second-order valence-corrected chi connectivity index (χ2v) is 5.25. The molecule has 0 aliphatic heterocycles. The summed E-state index contributed by atoms with van der Waals surface area (Å²) in [6.07, 6.45) is 2.29. The summed E-state index contributed by atoms with van der Waals surface area (Å²) >= 11 is 0. The molecule has 0 heterocycles. The molecule has 21 heavy (non-hydrogen) atoms. The lowest BCUT2D eigenvalue weighted by molar-refractivity contribution is 0.724. The molecule has 4 nitrogen and oxygen atoms in total. The highest BCUT2D eigenvalue weighted by Crippen LogP contribution is 2.25. The fraction of sp³-hybridized carbons (Fsp3) is 0.235. The minimum atomic E-state index is 0.0287. The molecule has 4 N–H and O–H groups in total. The SMILES string of the molecule is NNC(=NC1CC1)NC(c1ccccc1)c1ccccc1. The zero-order chi connectivity index (χ0) is 14.5. The van der Waals surface area contributed by atoms with Crippen molar-refractivity contribution in [2.45, 2.75) is 24.9 Å². The van der Waals surface area contributed by atoms with Crippen LogP contribution in [0.5, 0.6) is 0 Å². The lowest BCUT2D eigenvalue weighted by atomic mass is 9.99. The molecule has 1 aliphatic rings. The molecule has 1 aliphatic carbocycles. The van der Waals surface area contributed by atoms with Crippen molar-refractivity contribution < 1.29 is 0 Å². The standard InChI is InChI=1S/C17H20N4/c18-21-17(19-15-11-12-15)20-16(13-7-3-1-4-8-13)14-9-5-2-6-10-14/h1-10,15-16H,11-12,18H2,(H2,19,20,21). The quantitative estimate of drug-likeness (QED) is 0.349. The van der Waals surface area contributed by atoms with Crippen LogP contribution in [0.15, 0.2) is 65.7 Å². The molecule has 0 saturated heterocycles. The van der Waals surface area contributed by atoms with Crippen LogP contribution in [-0.4, -0.2) is 12.0 Å². The van der Waals surface area contributed by atoms with Crippen LogP contribution in [0.3, 0.4) is 0 Å². The average molecular weight is 280 g/mol. The first-order valence-corrected chi connectivity index (χ1v) is 7.27. The van der Waals surface area contributed by atoms with Crippen LogP contribution < -0.4 is 16.6 Å². The molecule has 1 saturated carbocycles. The van der Waals surface area contributed by atoms with Gasteiger partial charge in [-0.25, -0.2) is 10.8 Å². The van der Waals surface area contributed by atoms with Gasteiger partial charge in [0.15, 0.2) is 0 Å². The molecule has 4 heteroatoms. The molecule has 0 unspecified atom stereocenters. The van der Waals surface area contributed by atoms with Crippen LogP contribution in [0.4, 0.5) is 0 Å². The van der Waals surface area contributed by atoms with Gasteiger partial charge in [0, 0.05) is 0 Å². The van der Waals surface area contributed by atoms with E-state index in [1.165, 1.54) is 11.1 Å². The van der Waals surface area contributed by atoms with Crippen molar-refractivity contribution >= 4 is 5.96 Å². The first-order valence-electron chi connectivity index (χ1n) is 7.27. The Morgan fingerprint density at radius 1 is 0.952 bits per heavy atom. The second-order valence-electron chi connectivity index (χ2n) is 5.25. The van der Waals surface area contributed by atoms with Gasteiger partial charge in [0.05, 0.1) is 12.1 Å².